The minimum absolute atomic E-state index is 0.126. The van der Waals surface area contributed by atoms with Crippen LogP contribution in [0.1, 0.15) is 12.8 Å². The highest BCUT2D eigenvalue weighted by molar-refractivity contribution is 5.90. The number of hydrogen-bond donors (Lipinski definition) is 3. The smallest absolute Gasteiger partial charge is 0.319 e. The third kappa shape index (κ3) is 3.36. The number of anilines is 1. The van der Waals surface area contributed by atoms with Crippen molar-refractivity contribution >= 4 is 17.7 Å². The van der Waals surface area contributed by atoms with Crippen LogP contribution >= 0.6 is 0 Å². The highest BCUT2D eigenvalue weighted by Crippen LogP contribution is 2.45. The molecule has 2 amide bonds. The van der Waals surface area contributed by atoms with Crippen LogP contribution in [0.5, 0.6) is 11.5 Å². The summed E-state index contributed by atoms with van der Waals surface area (Å²) < 4.78 is 10.2. The number of carbonyl (C=O) groups is 2. The van der Waals surface area contributed by atoms with Crippen molar-refractivity contribution in [3.8, 4) is 11.5 Å². The van der Waals surface area contributed by atoms with Crippen molar-refractivity contribution in [1.82, 2.24) is 5.32 Å². The Morgan fingerprint density at radius 3 is 2.43 bits per heavy atom. The van der Waals surface area contributed by atoms with Crippen LogP contribution in [0.25, 0.3) is 0 Å². The van der Waals surface area contributed by atoms with Crippen LogP contribution in [0.4, 0.5) is 10.5 Å². The van der Waals surface area contributed by atoms with Gasteiger partial charge in [-0.15, -0.1) is 0 Å². The van der Waals surface area contributed by atoms with Crippen LogP contribution < -0.4 is 20.1 Å². The molecule has 1 aromatic carbocycles. The van der Waals surface area contributed by atoms with E-state index >= 15 is 0 Å². The Labute approximate surface area is 122 Å². The zero-order valence-electron chi connectivity index (χ0n) is 11.9. The minimum atomic E-state index is -0.867. The molecular weight excluding hydrogens is 276 g/mol. The fourth-order valence-corrected chi connectivity index (χ4v) is 1.96. The van der Waals surface area contributed by atoms with Gasteiger partial charge in [-0.05, 0) is 25.0 Å². The van der Waals surface area contributed by atoms with Crippen molar-refractivity contribution < 1.29 is 24.2 Å². The van der Waals surface area contributed by atoms with Crippen molar-refractivity contribution in [1.29, 1.82) is 0 Å². The normalized spacial score (nSPS) is 15.0. The topological polar surface area (TPSA) is 96.9 Å². The number of aliphatic carboxylic acids is 1. The number of amides is 2. The van der Waals surface area contributed by atoms with E-state index in [0.717, 1.165) is 0 Å². The molecule has 0 bridgehead atoms. The molecule has 1 saturated carbocycles. The van der Waals surface area contributed by atoms with Gasteiger partial charge in [-0.1, -0.05) is 0 Å². The molecule has 1 aliphatic carbocycles. The largest absolute Gasteiger partial charge is 0.493 e. The summed E-state index contributed by atoms with van der Waals surface area (Å²) in [4.78, 5) is 22.8. The van der Waals surface area contributed by atoms with Gasteiger partial charge in [0.05, 0.1) is 19.6 Å². The van der Waals surface area contributed by atoms with Gasteiger partial charge in [0, 0.05) is 18.3 Å². The lowest BCUT2D eigenvalue weighted by Crippen LogP contribution is -2.36. The maximum absolute atomic E-state index is 11.8. The van der Waals surface area contributed by atoms with Crippen LogP contribution in [0, 0.1) is 5.41 Å². The van der Waals surface area contributed by atoms with E-state index in [1.54, 1.807) is 18.2 Å². The van der Waals surface area contributed by atoms with Gasteiger partial charge in [-0.2, -0.15) is 0 Å². The lowest BCUT2D eigenvalue weighted by molar-refractivity contribution is -0.143. The lowest BCUT2D eigenvalue weighted by atomic mass is 10.1. The molecule has 1 fully saturated rings. The Hall–Kier alpha value is -2.44. The molecule has 21 heavy (non-hydrogen) atoms. The molecule has 114 valence electrons. The van der Waals surface area contributed by atoms with E-state index in [4.69, 9.17) is 14.6 Å². The third-order valence-electron chi connectivity index (χ3n) is 3.54. The van der Waals surface area contributed by atoms with E-state index in [9.17, 15) is 9.59 Å². The lowest BCUT2D eigenvalue weighted by Gasteiger charge is -2.13. The molecular formula is C14H18N2O5. The highest BCUT2D eigenvalue weighted by Gasteiger charge is 2.50. The van der Waals surface area contributed by atoms with Crippen molar-refractivity contribution in [2.24, 2.45) is 5.41 Å². The second-order valence-electron chi connectivity index (χ2n) is 4.96. The van der Waals surface area contributed by atoms with Crippen LogP contribution in [0.15, 0.2) is 18.2 Å². The highest BCUT2D eigenvalue weighted by atomic mass is 16.5. The molecule has 0 aromatic heterocycles. The molecule has 7 nitrogen and oxygen atoms in total. The Bertz CT molecular complexity index is 554. The third-order valence-corrected chi connectivity index (χ3v) is 3.54. The number of carboxylic acid groups (broad SMARTS) is 1. The quantitative estimate of drug-likeness (QED) is 0.742. The number of benzene rings is 1. The van der Waals surface area contributed by atoms with Gasteiger partial charge in [0.2, 0.25) is 0 Å². The number of urea groups is 1. The average Bonchev–Trinajstić information content (AvgIpc) is 3.26. The maximum atomic E-state index is 11.8. The molecule has 0 atom stereocenters. The fraction of sp³-hybridized carbons (Fsp3) is 0.429. The first-order valence-corrected chi connectivity index (χ1v) is 6.51. The second kappa shape index (κ2) is 5.90. The molecule has 1 aliphatic rings. The van der Waals surface area contributed by atoms with Crippen LogP contribution in [-0.4, -0.2) is 37.9 Å². The zero-order chi connectivity index (χ0) is 15.5. The maximum Gasteiger partial charge on any atom is 0.319 e. The van der Waals surface area contributed by atoms with Crippen LogP contribution in [0.3, 0.4) is 0 Å². The van der Waals surface area contributed by atoms with Gasteiger partial charge in [0.1, 0.15) is 0 Å². The summed E-state index contributed by atoms with van der Waals surface area (Å²) in [5.74, 6) is 0.194. The van der Waals surface area contributed by atoms with E-state index < -0.39 is 17.4 Å². The van der Waals surface area contributed by atoms with Crippen molar-refractivity contribution in [2.75, 3.05) is 26.1 Å². The summed E-state index contributed by atoms with van der Waals surface area (Å²) >= 11 is 0. The fourth-order valence-electron chi connectivity index (χ4n) is 1.96. The number of nitrogens with one attached hydrogen (secondary N) is 2. The van der Waals surface area contributed by atoms with Gasteiger partial charge in [-0.25, -0.2) is 4.79 Å². The SMILES string of the molecule is COc1ccc(NC(=O)NCC2(C(=O)O)CC2)cc1OC. The molecule has 0 heterocycles. The first kappa shape index (κ1) is 15.0. The van der Waals surface area contributed by atoms with Crippen LogP contribution in [-0.2, 0) is 4.79 Å². The molecule has 7 heteroatoms. The number of methoxy groups -OCH3 is 2. The molecule has 2 rings (SSSR count). The summed E-state index contributed by atoms with van der Waals surface area (Å²) in [6.45, 7) is 0.126. The minimum Gasteiger partial charge on any atom is -0.493 e. The predicted octanol–water partition coefficient (Wildman–Crippen LogP) is 1.69. The Balaban J connectivity index is 1.92. The van der Waals surface area contributed by atoms with E-state index in [-0.39, 0.29) is 6.54 Å². The number of carboxylic acids is 1. The second-order valence-corrected chi connectivity index (χ2v) is 4.96. The molecule has 0 saturated heterocycles. The number of ether oxygens (including phenoxy) is 2. The van der Waals surface area contributed by atoms with E-state index in [1.807, 2.05) is 0 Å². The first-order valence-electron chi connectivity index (χ1n) is 6.51. The Morgan fingerprint density at radius 1 is 1.24 bits per heavy atom. The first-order chi connectivity index (χ1) is 10.0. The Morgan fingerprint density at radius 2 is 1.90 bits per heavy atom. The van der Waals surface area contributed by atoms with Crippen molar-refractivity contribution in [2.45, 2.75) is 12.8 Å². The van der Waals surface area contributed by atoms with Gasteiger partial charge in [-0.3, -0.25) is 4.79 Å². The van der Waals surface area contributed by atoms with E-state index in [2.05, 4.69) is 10.6 Å². The predicted molar refractivity (Wildman–Crippen MR) is 75.9 cm³/mol. The van der Waals surface area contributed by atoms with Crippen molar-refractivity contribution in [3.63, 3.8) is 0 Å². The van der Waals surface area contributed by atoms with Gasteiger partial charge in [0.25, 0.3) is 0 Å². The van der Waals surface area contributed by atoms with Crippen LogP contribution in [0.2, 0.25) is 0 Å². The zero-order valence-corrected chi connectivity index (χ0v) is 11.9. The number of rotatable bonds is 6. The number of carbonyl (C=O) groups excluding carboxylic acids is 1. The molecule has 0 spiro atoms. The Kier molecular flexibility index (Phi) is 4.21. The molecule has 0 unspecified atom stereocenters. The van der Waals surface area contributed by atoms with E-state index in [1.165, 1.54) is 14.2 Å². The van der Waals surface area contributed by atoms with E-state index in [0.29, 0.717) is 30.0 Å². The molecule has 3 N–H and O–H groups in total. The summed E-state index contributed by atoms with van der Waals surface area (Å²) in [6.07, 6.45) is 1.19. The average molecular weight is 294 g/mol. The summed E-state index contributed by atoms with van der Waals surface area (Å²) in [5, 5.41) is 14.2. The molecule has 0 aliphatic heterocycles. The van der Waals surface area contributed by atoms with Gasteiger partial charge >= 0.3 is 12.0 Å². The molecule has 1 aromatic rings. The standard InChI is InChI=1S/C14H18N2O5/c1-20-10-4-3-9(7-11(10)21-2)16-13(19)15-8-14(5-6-14)12(17)18/h3-4,7H,5-6,8H2,1-2H3,(H,17,18)(H2,15,16,19). The summed E-state index contributed by atoms with van der Waals surface area (Å²) in [6, 6.07) is 4.52. The van der Waals surface area contributed by atoms with Gasteiger partial charge in [0.15, 0.2) is 11.5 Å². The number of hydrogen-bond acceptors (Lipinski definition) is 4. The summed E-state index contributed by atoms with van der Waals surface area (Å²) in [5.41, 5.74) is -0.250. The van der Waals surface area contributed by atoms with Crippen molar-refractivity contribution in [3.05, 3.63) is 18.2 Å². The monoisotopic (exact) mass is 294 g/mol. The summed E-state index contributed by atoms with van der Waals surface area (Å²) in [7, 11) is 3.03. The van der Waals surface area contributed by atoms with Gasteiger partial charge < -0.3 is 25.2 Å². The molecule has 0 radical (unpaired) electrons.